The first-order valence-corrected chi connectivity index (χ1v) is 7.36. The lowest BCUT2D eigenvalue weighted by Gasteiger charge is -2.21. The smallest absolute Gasteiger partial charge is 0.161 e. The van der Waals surface area contributed by atoms with Crippen molar-refractivity contribution in [2.45, 2.75) is 18.7 Å². The molecular weight excluding hydrogens is 288 g/mol. The Morgan fingerprint density at radius 3 is 2.52 bits per heavy atom. The molecule has 0 N–H and O–H groups in total. The Kier molecular flexibility index (Phi) is 5.12. The number of ether oxygens (including phenoxy) is 2. The number of rotatable bonds is 6. The lowest BCUT2D eigenvalue weighted by molar-refractivity contribution is 0.356. The van der Waals surface area contributed by atoms with E-state index >= 15 is 0 Å². The van der Waals surface area contributed by atoms with Crippen LogP contribution in [0.4, 0.5) is 5.82 Å². The Morgan fingerprint density at radius 2 is 1.90 bits per heavy atom. The van der Waals surface area contributed by atoms with E-state index in [0.29, 0.717) is 5.75 Å². The normalized spacial score (nSPS) is 12.2. The van der Waals surface area contributed by atoms with Gasteiger partial charge >= 0.3 is 0 Å². The summed E-state index contributed by atoms with van der Waals surface area (Å²) in [7, 11) is 5.30. The van der Waals surface area contributed by atoms with Crippen LogP contribution in [0.3, 0.4) is 0 Å². The van der Waals surface area contributed by atoms with E-state index in [1.807, 2.05) is 38.4 Å². The molecule has 0 bridgehead atoms. The van der Waals surface area contributed by atoms with Crippen molar-refractivity contribution in [2.24, 2.45) is 0 Å². The van der Waals surface area contributed by atoms with Gasteiger partial charge in [-0.25, -0.2) is 4.98 Å². The van der Waals surface area contributed by atoms with Crippen molar-refractivity contribution in [3.63, 3.8) is 0 Å². The summed E-state index contributed by atoms with van der Waals surface area (Å²) in [5.41, 5.74) is 0. The molecule has 0 fully saturated rings. The number of aromatic nitrogens is 1. The number of nitrogens with zero attached hydrogens (tertiary/aromatic N) is 2. The van der Waals surface area contributed by atoms with Crippen molar-refractivity contribution in [2.75, 3.05) is 32.7 Å². The van der Waals surface area contributed by atoms with Crippen LogP contribution >= 0.6 is 11.6 Å². The molecule has 2 aromatic rings. The maximum Gasteiger partial charge on any atom is 0.161 e. The van der Waals surface area contributed by atoms with Gasteiger partial charge in [0, 0.05) is 30.6 Å². The van der Waals surface area contributed by atoms with Gasteiger partial charge in [-0.15, -0.1) is 11.6 Å². The van der Waals surface area contributed by atoms with Crippen LogP contribution in [0.15, 0.2) is 24.4 Å². The third kappa shape index (κ3) is 3.50. The molecule has 1 atom stereocenters. The van der Waals surface area contributed by atoms with E-state index in [4.69, 9.17) is 21.1 Å². The van der Waals surface area contributed by atoms with Crippen LogP contribution in [0.1, 0.15) is 13.3 Å². The van der Waals surface area contributed by atoms with E-state index in [-0.39, 0.29) is 5.38 Å². The minimum atomic E-state index is 0.150. The largest absolute Gasteiger partial charge is 0.493 e. The molecule has 114 valence electrons. The molecule has 0 amide bonds. The molecule has 21 heavy (non-hydrogen) atoms. The minimum absolute atomic E-state index is 0.150. The number of hydrogen-bond acceptors (Lipinski definition) is 4. The summed E-state index contributed by atoms with van der Waals surface area (Å²) < 4.78 is 10.7. The Balaban J connectivity index is 2.44. The van der Waals surface area contributed by atoms with Crippen LogP contribution in [0.25, 0.3) is 10.8 Å². The summed E-state index contributed by atoms with van der Waals surface area (Å²) in [6.45, 7) is 2.85. The van der Waals surface area contributed by atoms with Crippen molar-refractivity contribution < 1.29 is 9.47 Å². The van der Waals surface area contributed by atoms with E-state index in [2.05, 4.69) is 9.88 Å². The van der Waals surface area contributed by atoms with Gasteiger partial charge in [-0.1, -0.05) is 0 Å². The monoisotopic (exact) mass is 308 g/mol. The minimum Gasteiger partial charge on any atom is -0.493 e. The molecule has 0 spiro atoms. The third-order valence-corrected chi connectivity index (χ3v) is 3.69. The molecule has 1 aromatic heterocycles. The Morgan fingerprint density at radius 1 is 1.24 bits per heavy atom. The molecule has 5 heteroatoms. The second-order valence-electron chi connectivity index (χ2n) is 5.05. The first-order chi connectivity index (χ1) is 10.1. The van der Waals surface area contributed by atoms with Gasteiger partial charge in [0.2, 0.25) is 0 Å². The van der Waals surface area contributed by atoms with Crippen LogP contribution in [-0.4, -0.2) is 38.2 Å². The second-order valence-corrected chi connectivity index (χ2v) is 5.80. The highest BCUT2D eigenvalue weighted by atomic mass is 35.5. The molecular formula is C16H21ClN2O2. The molecule has 0 aliphatic carbocycles. The van der Waals surface area contributed by atoms with E-state index in [9.17, 15) is 0 Å². The molecule has 0 saturated carbocycles. The van der Waals surface area contributed by atoms with E-state index < -0.39 is 0 Å². The van der Waals surface area contributed by atoms with Crippen LogP contribution in [-0.2, 0) is 0 Å². The zero-order valence-electron chi connectivity index (χ0n) is 12.9. The second kappa shape index (κ2) is 6.85. The molecule has 2 rings (SSSR count). The fourth-order valence-electron chi connectivity index (χ4n) is 2.27. The summed E-state index contributed by atoms with van der Waals surface area (Å²) in [6.07, 6.45) is 2.72. The maximum absolute atomic E-state index is 6.03. The number of fused-ring (bicyclic) bond motifs is 1. The number of hydrogen-bond donors (Lipinski definition) is 0. The van der Waals surface area contributed by atoms with Crippen molar-refractivity contribution in [3.8, 4) is 11.5 Å². The molecule has 0 aliphatic rings. The number of methoxy groups -OCH3 is 2. The van der Waals surface area contributed by atoms with Gasteiger partial charge in [0.1, 0.15) is 5.82 Å². The molecule has 4 nitrogen and oxygen atoms in total. The van der Waals surface area contributed by atoms with Crippen molar-refractivity contribution in [1.82, 2.24) is 4.98 Å². The first-order valence-electron chi connectivity index (χ1n) is 6.92. The van der Waals surface area contributed by atoms with Gasteiger partial charge in [0.25, 0.3) is 0 Å². The van der Waals surface area contributed by atoms with Gasteiger partial charge in [-0.3, -0.25) is 0 Å². The Labute approximate surface area is 130 Å². The fourth-order valence-corrected chi connectivity index (χ4v) is 2.36. The van der Waals surface area contributed by atoms with Gasteiger partial charge in [0.15, 0.2) is 11.5 Å². The summed E-state index contributed by atoms with van der Waals surface area (Å²) in [5.74, 6) is 2.35. The third-order valence-electron chi connectivity index (χ3n) is 3.47. The van der Waals surface area contributed by atoms with Crippen LogP contribution in [0.5, 0.6) is 11.5 Å². The van der Waals surface area contributed by atoms with Crippen LogP contribution in [0, 0.1) is 0 Å². The predicted octanol–water partition coefficient (Wildman–Crippen LogP) is 3.71. The predicted molar refractivity (Wildman–Crippen MR) is 88.0 cm³/mol. The van der Waals surface area contributed by atoms with E-state index in [1.165, 1.54) is 0 Å². The Bertz CT molecular complexity index is 616. The van der Waals surface area contributed by atoms with E-state index in [0.717, 1.165) is 35.3 Å². The number of anilines is 1. The number of alkyl halides is 1. The van der Waals surface area contributed by atoms with Crippen LogP contribution in [0.2, 0.25) is 0 Å². The topological polar surface area (TPSA) is 34.6 Å². The zero-order valence-corrected chi connectivity index (χ0v) is 13.6. The summed E-state index contributed by atoms with van der Waals surface area (Å²) in [5, 5.41) is 2.26. The van der Waals surface area contributed by atoms with Gasteiger partial charge in [0.05, 0.1) is 14.2 Å². The van der Waals surface area contributed by atoms with Gasteiger partial charge < -0.3 is 14.4 Å². The first kappa shape index (κ1) is 15.7. The van der Waals surface area contributed by atoms with Crippen LogP contribution < -0.4 is 14.4 Å². The average molecular weight is 309 g/mol. The number of halogens is 1. The highest BCUT2D eigenvalue weighted by Crippen LogP contribution is 2.35. The van der Waals surface area contributed by atoms with Crippen molar-refractivity contribution in [3.05, 3.63) is 24.4 Å². The standard InChI is InChI=1S/C16H21ClN2O2/c1-11(17)6-8-19(2)16-13-10-15(21-4)14(20-3)9-12(13)5-7-18-16/h5,7,9-11H,6,8H2,1-4H3. The van der Waals surface area contributed by atoms with E-state index in [1.54, 1.807) is 14.2 Å². The lowest BCUT2D eigenvalue weighted by Crippen LogP contribution is -2.21. The number of pyridine rings is 1. The molecule has 1 aromatic carbocycles. The maximum atomic E-state index is 6.03. The highest BCUT2D eigenvalue weighted by Gasteiger charge is 2.12. The zero-order chi connectivity index (χ0) is 15.4. The van der Waals surface area contributed by atoms with Crippen molar-refractivity contribution >= 4 is 28.2 Å². The molecule has 0 radical (unpaired) electrons. The van der Waals surface area contributed by atoms with Crippen molar-refractivity contribution in [1.29, 1.82) is 0 Å². The highest BCUT2D eigenvalue weighted by molar-refractivity contribution is 6.20. The average Bonchev–Trinajstić information content (AvgIpc) is 2.50. The SMILES string of the molecule is COc1cc2ccnc(N(C)CCC(C)Cl)c2cc1OC. The fraction of sp³-hybridized carbons (Fsp3) is 0.438. The number of benzene rings is 1. The molecule has 1 unspecified atom stereocenters. The summed E-state index contributed by atoms with van der Waals surface area (Å²) in [4.78, 5) is 6.62. The molecule has 1 heterocycles. The lowest BCUT2D eigenvalue weighted by atomic mass is 10.1. The Hall–Kier alpha value is -1.68. The molecule has 0 aliphatic heterocycles. The summed E-state index contributed by atoms with van der Waals surface area (Å²) in [6, 6.07) is 5.91. The van der Waals surface area contributed by atoms with Gasteiger partial charge in [-0.05, 0) is 36.9 Å². The van der Waals surface area contributed by atoms with Gasteiger partial charge in [-0.2, -0.15) is 0 Å². The quantitative estimate of drug-likeness (QED) is 0.762. The molecule has 0 saturated heterocycles. The summed E-state index contributed by atoms with van der Waals surface area (Å²) >= 11 is 6.03.